The number of nitriles is 1. The second-order valence-electron chi connectivity index (χ2n) is 5.30. The zero-order chi connectivity index (χ0) is 13.1. The van der Waals surface area contributed by atoms with Gasteiger partial charge in [0.2, 0.25) is 0 Å². The van der Waals surface area contributed by atoms with Crippen molar-refractivity contribution in [3.8, 4) is 6.07 Å². The van der Waals surface area contributed by atoms with E-state index < -0.39 is 5.60 Å². The van der Waals surface area contributed by atoms with Crippen molar-refractivity contribution < 1.29 is 14.3 Å². The molecule has 0 aromatic heterocycles. The number of hydrogen-bond donors (Lipinski definition) is 0. The second-order valence-corrected chi connectivity index (χ2v) is 5.30. The highest BCUT2D eigenvalue weighted by atomic mass is 16.6. The van der Waals surface area contributed by atoms with Crippen LogP contribution in [0.3, 0.4) is 0 Å². The van der Waals surface area contributed by atoms with E-state index in [-0.39, 0.29) is 18.1 Å². The van der Waals surface area contributed by atoms with Gasteiger partial charge >= 0.3 is 6.09 Å². The Hall–Kier alpha value is -1.28. The van der Waals surface area contributed by atoms with Crippen LogP contribution in [0.5, 0.6) is 0 Å². The number of carbonyl (C=O) groups is 1. The lowest BCUT2D eigenvalue weighted by Gasteiger charge is -2.28. The molecule has 0 aliphatic carbocycles. The first-order chi connectivity index (χ1) is 7.87. The number of hydrogen-bond acceptors (Lipinski definition) is 4. The fourth-order valence-electron chi connectivity index (χ4n) is 1.90. The molecule has 0 radical (unpaired) electrons. The number of methoxy groups -OCH3 is 1. The molecule has 17 heavy (non-hydrogen) atoms. The molecule has 1 heterocycles. The quantitative estimate of drug-likeness (QED) is 0.738. The molecule has 0 aromatic carbocycles. The molecule has 0 saturated carbocycles. The van der Waals surface area contributed by atoms with Crippen LogP contribution in [0.4, 0.5) is 4.79 Å². The third-order valence-corrected chi connectivity index (χ3v) is 2.58. The molecule has 0 aromatic rings. The first-order valence-electron chi connectivity index (χ1n) is 5.75. The van der Waals surface area contributed by atoms with Gasteiger partial charge in [0.1, 0.15) is 5.60 Å². The van der Waals surface area contributed by atoms with Crippen molar-refractivity contribution in [2.75, 3.05) is 20.3 Å². The lowest BCUT2D eigenvalue weighted by Crippen LogP contribution is -2.41. The van der Waals surface area contributed by atoms with Gasteiger partial charge in [0.15, 0.2) is 0 Å². The highest BCUT2D eigenvalue weighted by molar-refractivity contribution is 5.69. The molecule has 96 valence electrons. The van der Waals surface area contributed by atoms with Gasteiger partial charge in [-0.15, -0.1) is 0 Å². The average molecular weight is 240 g/mol. The molecule has 0 unspecified atom stereocenters. The first-order valence-corrected chi connectivity index (χ1v) is 5.75. The molecule has 1 rings (SSSR count). The van der Waals surface area contributed by atoms with E-state index in [2.05, 4.69) is 6.07 Å². The van der Waals surface area contributed by atoms with E-state index in [1.807, 2.05) is 20.8 Å². The van der Waals surface area contributed by atoms with Crippen molar-refractivity contribution in [2.45, 2.75) is 38.8 Å². The number of likely N-dealkylation sites (tertiary alicyclic amines) is 1. The number of ether oxygens (including phenoxy) is 2. The molecule has 5 heteroatoms. The van der Waals surface area contributed by atoms with E-state index in [1.54, 1.807) is 12.0 Å². The zero-order valence-electron chi connectivity index (χ0n) is 10.9. The molecule has 0 spiro atoms. The lowest BCUT2D eigenvalue weighted by atomic mass is 10.1. The fourth-order valence-corrected chi connectivity index (χ4v) is 1.90. The molecule has 0 N–H and O–H groups in total. The molecule has 1 aliphatic rings. The lowest BCUT2D eigenvalue weighted by molar-refractivity contribution is 0.0147. The van der Waals surface area contributed by atoms with Crippen LogP contribution in [0.1, 0.15) is 27.2 Å². The molecule has 1 fully saturated rings. The second kappa shape index (κ2) is 5.37. The van der Waals surface area contributed by atoms with Gasteiger partial charge in [0, 0.05) is 13.7 Å². The molecule has 2 atom stereocenters. The molecule has 1 saturated heterocycles. The van der Waals surface area contributed by atoms with Gasteiger partial charge in [0.05, 0.1) is 24.6 Å². The summed E-state index contributed by atoms with van der Waals surface area (Å²) in [5, 5.41) is 8.91. The normalized spacial score (nSPS) is 24.5. The summed E-state index contributed by atoms with van der Waals surface area (Å²) >= 11 is 0. The van der Waals surface area contributed by atoms with E-state index in [4.69, 9.17) is 14.7 Å². The van der Waals surface area contributed by atoms with Crippen molar-refractivity contribution in [2.24, 2.45) is 5.92 Å². The van der Waals surface area contributed by atoms with E-state index in [0.717, 1.165) is 0 Å². The third-order valence-electron chi connectivity index (χ3n) is 2.58. The summed E-state index contributed by atoms with van der Waals surface area (Å²) in [5.41, 5.74) is -0.514. The largest absolute Gasteiger partial charge is 0.444 e. The Balaban J connectivity index is 2.67. The Morgan fingerprint density at radius 3 is 2.65 bits per heavy atom. The van der Waals surface area contributed by atoms with Crippen LogP contribution in [0.15, 0.2) is 0 Å². The predicted octanol–water partition coefficient (Wildman–Crippen LogP) is 1.78. The first kappa shape index (κ1) is 13.8. The number of carbonyl (C=O) groups excluding carboxylic acids is 1. The summed E-state index contributed by atoms with van der Waals surface area (Å²) in [4.78, 5) is 13.5. The summed E-state index contributed by atoms with van der Waals surface area (Å²) < 4.78 is 10.4. The summed E-state index contributed by atoms with van der Waals surface area (Å²) in [7, 11) is 1.59. The highest BCUT2D eigenvalue weighted by Crippen LogP contribution is 2.25. The minimum Gasteiger partial charge on any atom is -0.444 e. The summed E-state index contributed by atoms with van der Waals surface area (Å²) in [6.45, 7) is 6.35. The SMILES string of the molecule is COC[C@@H]1C[C@@H](C#N)CN1C(=O)OC(C)(C)C. The topological polar surface area (TPSA) is 62.6 Å². The van der Waals surface area contributed by atoms with Crippen LogP contribution in [0.2, 0.25) is 0 Å². The molecular formula is C12H20N2O3. The Morgan fingerprint density at radius 2 is 2.18 bits per heavy atom. The minimum absolute atomic E-state index is 0.0560. The Bertz CT molecular complexity index is 317. The maximum atomic E-state index is 11.9. The summed E-state index contributed by atoms with van der Waals surface area (Å²) in [6.07, 6.45) is 0.293. The molecule has 5 nitrogen and oxygen atoms in total. The van der Waals surface area contributed by atoms with E-state index in [1.165, 1.54) is 0 Å². The van der Waals surface area contributed by atoms with Crippen LogP contribution >= 0.6 is 0 Å². The highest BCUT2D eigenvalue weighted by Gasteiger charge is 2.37. The van der Waals surface area contributed by atoms with Gasteiger partial charge in [-0.05, 0) is 27.2 Å². The summed E-state index contributed by atoms with van der Waals surface area (Å²) in [5.74, 6) is -0.123. The van der Waals surface area contributed by atoms with Gasteiger partial charge in [0.25, 0.3) is 0 Å². The van der Waals surface area contributed by atoms with Crippen molar-refractivity contribution in [1.29, 1.82) is 5.26 Å². The Kier molecular flexibility index (Phi) is 4.35. The van der Waals surface area contributed by atoms with Crippen LogP contribution in [0, 0.1) is 17.2 Å². The molecular weight excluding hydrogens is 220 g/mol. The molecule has 1 aliphatic heterocycles. The standard InChI is InChI=1S/C12H20N2O3/c1-12(2,3)17-11(15)14-7-9(6-13)5-10(14)8-16-4/h9-10H,5,7-8H2,1-4H3/t9-,10-/m0/s1. The summed E-state index contributed by atoms with van der Waals surface area (Å²) in [6, 6.07) is 2.14. The smallest absolute Gasteiger partial charge is 0.410 e. The van der Waals surface area contributed by atoms with Gasteiger partial charge < -0.3 is 14.4 Å². The Morgan fingerprint density at radius 1 is 1.53 bits per heavy atom. The number of nitrogens with zero attached hydrogens (tertiary/aromatic N) is 2. The maximum Gasteiger partial charge on any atom is 0.410 e. The molecule has 0 bridgehead atoms. The van der Waals surface area contributed by atoms with Crippen LogP contribution < -0.4 is 0 Å². The minimum atomic E-state index is -0.514. The van der Waals surface area contributed by atoms with Crippen LogP contribution in [0.25, 0.3) is 0 Å². The molecule has 1 amide bonds. The van der Waals surface area contributed by atoms with Crippen molar-refractivity contribution >= 4 is 6.09 Å². The van der Waals surface area contributed by atoms with Gasteiger partial charge in [-0.1, -0.05) is 0 Å². The number of rotatable bonds is 2. The Labute approximate surface area is 102 Å². The average Bonchev–Trinajstić information content (AvgIpc) is 2.59. The maximum absolute atomic E-state index is 11.9. The number of amides is 1. The third kappa shape index (κ3) is 3.90. The fraction of sp³-hybridized carbons (Fsp3) is 0.833. The van der Waals surface area contributed by atoms with Gasteiger partial charge in [-0.2, -0.15) is 5.26 Å². The van der Waals surface area contributed by atoms with E-state index >= 15 is 0 Å². The van der Waals surface area contributed by atoms with Crippen LogP contribution in [-0.2, 0) is 9.47 Å². The van der Waals surface area contributed by atoms with E-state index in [9.17, 15) is 4.79 Å². The van der Waals surface area contributed by atoms with Gasteiger partial charge in [-0.25, -0.2) is 4.79 Å². The van der Waals surface area contributed by atoms with Crippen LogP contribution in [-0.4, -0.2) is 42.9 Å². The van der Waals surface area contributed by atoms with Gasteiger partial charge in [-0.3, -0.25) is 0 Å². The zero-order valence-corrected chi connectivity index (χ0v) is 10.9. The van der Waals surface area contributed by atoms with Crippen molar-refractivity contribution in [1.82, 2.24) is 4.90 Å². The van der Waals surface area contributed by atoms with E-state index in [0.29, 0.717) is 19.6 Å². The van der Waals surface area contributed by atoms with Crippen molar-refractivity contribution in [3.63, 3.8) is 0 Å². The predicted molar refractivity (Wildman–Crippen MR) is 62.3 cm³/mol. The van der Waals surface area contributed by atoms with Crippen molar-refractivity contribution in [3.05, 3.63) is 0 Å². The monoisotopic (exact) mass is 240 g/mol.